The molecule has 2 aromatic carbocycles. The largest absolute Gasteiger partial charge is 0.243 e. The van der Waals surface area contributed by atoms with Gasteiger partial charge in [-0.2, -0.15) is 4.31 Å². The molecule has 26 heteroatoms. The fourth-order valence-corrected chi connectivity index (χ4v) is 8.21. The standard InChI is InChI=1S/C20H24ClNO2S.B21/c1-16-8-12-20(13-9-16)25(23,24)22-14-3-2-7-19(22)11-10-17-5-4-6-18(21)15-17;1-12-18(13(2)3)21(19(14(4)5)15(6)7)20(16(8)9)17(10)11/h4-6,8-9,12-13,15,19H,2-3,7,10-11,14H2,1H3;. The highest BCUT2D eigenvalue weighted by molar-refractivity contribution is 8.20. The quantitative estimate of drug-likeness (QED) is 0.214. The van der Waals surface area contributed by atoms with E-state index < -0.39 is 67.5 Å². The van der Waals surface area contributed by atoms with E-state index >= 15 is 0 Å². The predicted molar refractivity (Wildman–Crippen MR) is 223 cm³/mol. The number of hydrogen-bond acceptors (Lipinski definition) is 2. The maximum absolute atomic E-state index is 13.1. The van der Waals surface area contributed by atoms with E-state index in [4.69, 9.17) is 96.7 Å². The van der Waals surface area contributed by atoms with E-state index in [-0.39, 0.29) is 6.04 Å². The lowest BCUT2D eigenvalue weighted by Gasteiger charge is -2.43. The number of nitrogens with zero attached hydrogens (tertiary/aromatic N) is 1. The number of piperidine rings is 1. The van der Waals surface area contributed by atoms with E-state index in [9.17, 15) is 8.42 Å². The Morgan fingerprint density at radius 2 is 1.35 bits per heavy atom. The van der Waals surface area contributed by atoms with Gasteiger partial charge in [-0.3, -0.25) is 0 Å². The summed E-state index contributed by atoms with van der Waals surface area (Å²) in [4.78, 5) is 0.396. The van der Waals surface area contributed by atoms with Gasteiger partial charge in [0.25, 0.3) is 0 Å². The first kappa shape index (κ1) is 42.2. The summed E-state index contributed by atoms with van der Waals surface area (Å²) in [6, 6.07) is 15.0. The van der Waals surface area contributed by atoms with Crippen molar-refractivity contribution >= 4 is 171 Å². The SMILES string of the molecule is Cc1ccc(S(=O)(=O)N2CCCCC2CCc2cccc(Cl)c2)cc1.[B][B]B(B([B])[B])B(B(B([B])[B])B([B])[B])B(B([B])[B])B([B])[B]. The van der Waals surface area contributed by atoms with Crippen molar-refractivity contribution in [1.82, 2.24) is 4.31 Å². The van der Waals surface area contributed by atoms with Crippen LogP contribution in [-0.2, 0) is 16.4 Å². The van der Waals surface area contributed by atoms with Gasteiger partial charge < -0.3 is 0 Å². The van der Waals surface area contributed by atoms with Crippen molar-refractivity contribution < 1.29 is 8.42 Å². The molecule has 1 aliphatic heterocycles. The van der Waals surface area contributed by atoms with Crippen LogP contribution in [0, 0.1) is 6.92 Å². The summed E-state index contributed by atoms with van der Waals surface area (Å²) in [5.74, 6) is 0. The molecule has 0 N–H and O–H groups in total. The van der Waals surface area contributed by atoms with Crippen molar-refractivity contribution in [2.45, 2.75) is 50.0 Å². The van der Waals surface area contributed by atoms with Gasteiger partial charge in [-0.25, -0.2) is 8.42 Å². The number of rotatable bonds is 14. The Morgan fingerprint density at radius 1 is 0.804 bits per heavy atom. The molecule has 0 amide bonds. The van der Waals surface area contributed by atoms with Gasteiger partial charge in [-0.1, -0.05) is 47.9 Å². The molecule has 197 valence electrons. The lowest BCUT2D eigenvalue weighted by atomic mass is 8.38. The zero-order valence-corrected chi connectivity index (χ0v) is 28.2. The van der Waals surface area contributed by atoms with Gasteiger partial charge in [0.15, 0.2) is 0 Å². The summed E-state index contributed by atoms with van der Waals surface area (Å²) in [5, 5.41) is 0.727. The van der Waals surface area contributed by atoms with Gasteiger partial charge >= 0.3 is 0 Å². The molecule has 1 atom stereocenters. The van der Waals surface area contributed by atoms with Crippen LogP contribution in [0.2, 0.25) is 5.02 Å². The zero-order chi connectivity index (χ0) is 34.8. The second-order valence-electron chi connectivity index (χ2n) is 12.1. The van der Waals surface area contributed by atoms with Crippen molar-refractivity contribution in [1.29, 1.82) is 0 Å². The predicted octanol–water partition coefficient (Wildman–Crippen LogP) is -3.17. The van der Waals surface area contributed by atoms with Crippen molar-refractivity contribution in [2.75, 3.05) is 6.54 Å². The molecule has 0 bridgehead atoms. The first-order valence-corrected chi connectivity index (χ1v) is 17.3. The molecule has 0 aliphatic carbocycles. The number of sulfonamides is 1. The highest BCUT2D eigenvalue weighted by Crippen LogP contribution is 2.28. The van der Waals surface area contributed by atoms with Crippen molar-refractivity contribution in [3.63, 3.8) is 0 Å². The summed E-state index contributed by atoms with van der Waals surface area (Å²) >= 11 is 6.05. The lowest BCUT2D eigenvalue weighted by Crippen LogP contribution is -2.81. The second-order valence-corrected chi connectivity index (χ2v) is 14.5. The maximum atomic E-state index is 13.1. The highest BCUT2D eigenvalue weighted by atomic mass is 35.5. The molecule has 0 aromatic heterocycles. The third kappa shape index (κ3) is 12.1. The molecule has 0 saturated carbocycles. The Labute approximate surface area is 303 Å². The van der Waals surface area contributed by atoms with Gasteiger partial charge in [-0.15, -0.1) is 0 Å². The normalized spacial score (nSPS) is 14.5. The third-order valence-electron chi connectivity index (χ3n) is 8.63. The monoisotopic (exact) mass is 608 g/mol. The summed E-state index contributed by atoms with van der Waals surface area (Å²) in [6.45, 7) is 2.57. The van der Waals surface area contributed by atoms with Gasteiger partial charge in [0, 0.05) is 167 Å². The molecule has 3 nitrogen and oxygen atoms in total. The zero-order valence-electron chi connectivity index (χ0n) is 26.6. The number of halogens is 1. The van der Waals surface area contributed by atoms with E-state index in [0.717, 1.165) is 48.3 Å². The first-order chi connectivity index (χ1) is 21.5. The van der Waals surface area contributed by atoms with Crippen LogP contribution >= 0.6 is 11.6 Å². The van der Waals surface area contributed by atoms with Crippen LogP contribution in [0.5, 0.6) is 0 Å². The summed E-state index contributed by atoms with van der Waals surface area (Å²) in [7, 11) is 61.3. The number of hydrogen-bond donors (Lipinski definition) is 0. The van der Waals surface area contributed by atoms with Crippen LogP contribution in [0.4, 0.5) is 0 Å². The molecular weight excluding hydrogens is 581 g/mol. The van der Waals surface area contributed by atoms with Gasteiger partial charge in [-0.05, 0) is 62.4 Å². The van der Waals surface area contributed by atoms with Gasteiger partial charge in [0.05, 0.1) is 4.90 Å². The minimum absolute atomic E-state index is 0.0547. The highest BCUT2D eigenvalue weighted by Gasteiger charge is 2.45. The van der Waals surface area contributed by atoms with Crippen LogP contribution < -0.4 is 0 Å². The van der Waals surface area contributed by atoms with E-state index in [1.54, 1.807) is 16.4 Å². The molecule has 2 aromatic rings. The van der Waals surface area contributed by atoms with Crippen LogP contribution in [0.15, 0.2) is 53.4 Å². The topological polar surface area (TPSA) is 37.4 Å². The lowest BCUT2D eigenvalue weighted by molar-refractivity contribution is 0.241. The maximum Gasteiger partial charge on any atom is 0.243 e. The second kappa shape index (κ2) is 20.0. The Kier molecular flexibility index (Phi) is 18.3. The van der Waals surface area contributed by atoms with E-state index in [1.807, 2.05) is 43.3 Å². The number of benzene rings is 2. The molecule has 3 rings (SSSR count). The summed E-state index contributed by atoms with van der Waals surface area (Å²) in [5.41, 5.74) is 2.22. The third-order valence-corrected chi connectivity index (χ3v) is 10.8. The molecular formula is C20H24B21ClNO2S. The molecule has 0 spiro atoms. The Bertz CT molecular complexity index is 1260. The van der Waals surface area contributed by atoms with Crippen molar-refractivity contribution in [2.24, 2.45) is 0 Å². The Balaban J connectivity index is 0.000000327. The Morgan fingerprint density at radius 3 is 1.80 bits per heavy atom. The average molecular weight is 605 g/mol. The molecule has 1 heterocycles. The van der Waals surface area contributed by atoms with Gasteiger partial charge in [0.2, 0.25) is 10.0 Å². The summed E-state index contributed by atoms with van der Waals surface area (Å²) < 4.78 is 27.9. The van der Waals surface area contributed by atoms with E-state index in [2.05, 4.69) is 0 Å². The van der Waals surface area contributed by atoms with E-state index in [0.29, 0.717) is 11.4 Å². The summed E-state index contributed by atoms with van der Waals surface area (Å²) in [6.07, 6.45) is -2.18. The van der Waals surface area contributed by atoms with Crippen LogP contribution in [0.3, 0.4) is 0 Å². The van der Waals surface area contributed by atoms with Crippen LogP contribution in [-0.4, -0.2) is 175 Å². The first-order valence-electron chi connectivity index (χ1n) is 15.5. The fraction of sp³-hybridized carbons (Fsp3) is 0.400. The molecule has 1 aliphatic rings. The minimum Gasteiger partial charge on any atom is -0.207 e. The van der Waals surface area contributed by atoms with Crippen molar-refractivity contribution in [3.05, 3.63) is 64.7 Å². The Hall–Kier alpha value is 0.00364. The van der Waals surface area contributed by atoms with E-state index in [1.165, 1.54) is 7.06 Å². The molecule has 1 fully saturated rings. The molecule has 23 radical (unpaired) electrons. The van der Waals surface area contributed by atoms with Crippen LogP contribution in [0.1, 0.15) is 36.8 Å². The molecule has 1 unspecified atom stereocenters. The smallest absolute Gasteiger partial charge is 0.207 e. The fourth-order valence-electron chi connectivity index (χ4n) is 6.27. The van der Waals surface area contributed by atoms with Crippen molar-refractivity contribution in [3.8, 4) is 0 Å². The number of aryl methyl sites for hydroxylation is 2. The average Bonchev–Trinajstić information content (AvgIpc) is 2.96. The van der Waals surface area contributed by atoms with Crippen LogP contribution in [0.25, 0.3) is 0 Å². The molecule has 1 saturated heterocycles. The minimum atomic E-state index is -3.43. The molecule has 46 heavy (non-hydrogen) atoms. The van der Waals surface area contributed by atoms with Gasteiger partial charge in [0.1, 0.15) is 0 Å².